The van der Waals surface area contributed by atoms with Crippen molar-refractivity contribution in [2.45, 2.75) is 32.6 Å². The van der Waals surface area contributed by atoms with Crippen LogP contribution >= 0.6 is 0 Å². The van der Waals surface area contributed by atoms with Gasteiger partial charge in [0.25, 0.3) is 0 Å². The van der Waals surface area contributed by atoms with Crippen molar-refractivity contribution < 1.29 is 4.79 Å². The molecular weight excluding hydrogens is 296 g/mol. The summed E-state index contributed by atoms with van der Waals surface area (Å²) in [6, 6.07) is 12.5. The number of ketones is 1. The summed E-state index contributed by atoms with van der Waals surface area (Å²) >= 11 is 0. The first-order valence-electron chi connectivity index (χ1n) is 8.47. The second-order valence-electron chi connectivity index (χ2n) is 7.63. The van der Waals surface area contributed by atoms with Crippen LogP contribution in [0.1, 0.15) is 43.7 Å². The second kappa shape index (κ2) is 5.30. The molecule has 3 nitrogen and oxygen atoms in total. The van der Waals surface area contributed by atoms with Gasteiger partial charge in [-0.3, -0.25) is 9.78 Å². The van der Waals surface area contributed by atoms with Crippen LogP contribution in [0, 0.1) is 5.41 Å². The Bertz CT molecular complexity index is 836. The number of Topliss-reactive ketones (excluding diaryl/α,β-unsaturated/α-hetero) is 1. The average Bonchev–Trinajstić information content (AvgIpc) is 2.56. The fourth-order valence-corrected chi connectivity index (χ4v) is 4.17. The average molecular weight is 318 g/mol. The molecule has 1 unspecified atom stereocenters. The molecule has 0 spiro atoms. The highest BCUT2D eigenvalue weighted by Gasteiger charge is 2.42. The number of carbonyl (C=O) groups is 1. The van der Waals surface area contributed by atoms with Gasteiger partial charge in [0.1, 0.15) is 0 Å². The van der Waals surface area contributed by atoms with Crippen LogP contribution in [0.3, 0.4) is 0 Å². The molecule has 0 amide bonds. The van der Waals surface area contributed by atoms with Crippen molar-refractivity contribution in [1.29, 1.82) is 0 Å². The van der Waals surface area contributed by atoms with E-state index in [0.717, 1.165) is 17.6 Å². The van der Waals surface area contributed by atoms with Gasteiger partial charge in [0, 0.05) is 48.7 Å². The summed E-state index contributed by atoms with van der Waals surface area (Å²) in [7, 11) is 2.09. The van der Waals surface area contributed by atoms with Gasteiger partial charge in [0.15, 0.2) is 5.78 Å². The fraction of sp³-hybridized carbons (Fsp3) is 0.333. The predicted molar refractivity (Wildman–Crippen MR) is 96.0 cm³/mol. The van der Waals surface area contributed by atoms with E-state index in [1.54, 1.807) is 0 Å². The van der Waals surface area contributed by atoms with Crippen molar-refractivity contribution >= 4 is 11.5 Å². The van der Waals surface area contributed by atoms with E-state index in [1.807, 2.05) is 24.5 Å². The van der Waals surface area contributed by atoms with E-state index in [2.05, 4.69) is 55.0 Å². The van der Waals surface area contributed by atoms with Crippen LogP contribution in [0.4, 0.5) is 5.69 Å². The molecule has 0 fully saturated rings. The Morgan fingerprint density at radius 3 is 2.54 bits per heavy atom. The topological polar surface area (TPSA) is 33.2 Å². The highest BCUT2D eigenvalue weighted by molar-refractivity contribution is 6.01. The number of aromatic nitrogens is 1. The molecule has 1 aromatic carbocycles. The number of hydrogen-bond acceptors (Lipinski definition) is 3. The molecule has 1 atom stereocenters. The molecule has 1 aromatic heterocycles. The summed E-state index contributed by atoms with van der Waals surface area (Å²) in [4.78, 5) is 19.5. The van der Waals surface area contributed by atoms with Gasteiger partial charge in [-0.25, -0.2) is 0 Å². The van der Waals surface area contributed by atoms with E-state index in [1.165, 1.54) is 16.9 Å². The minimum absolute atomic E-state index is 0.0130. The van der Waals surface area contributed by atoms with Gasteiger partial charge in [-0.1, -0.05) is 32.0 Å². The molecule has 0 bridgehead atoms. The molecule has 122 valence electrons. The van der Waals surface area contributed by atoms with Crippen LogP contribution in [0.2, 0.25) is 0 Å². The number of benzene rings is 1. The largest absolute Gasteiger partial charge is 0.347 e. The van der Waals surface area contributed by atoms with E-state index >= 15 is 0 Å². The number of allylic oxidation sites excluding steroid dienone is 2. The molecule has 2 aromatic rings. The molecule has 1 aliphatic carbocycles. The van der Waals surface area contributed by atoms with E-state index in [9.17, 15) is 4.79 Å². The SMILES string of the molecule is CN1C2=C(C(=O)CC(C)(C)C2)C(c2ccncc2)c2ccccc21. The molecule has 0 radical (unpaired) electrons. The molecule has 1 aliphatic heterocycles. The lowest BCUT2D eigenvalue weighted by molar-refractivity contribution is -0.118. The number of para-hydroxylation sites is 1. The Kier molecular flexibility index (Phi) is 3.34. The molecule has 3 heteroatoms. The predicted octanol–water partition coefficient (Wildman–Crippen LogP) is 4.31. The number of carbonyl (C=O) groups excluding carboxylic acids is 1. The summed E-state index contributed by atoms with van der Waals surface area (Å²) in [5.74, 6) is 0.295. The summed E-state index contributed by atoms with van der Waals surface area (Å²) in [6.45, 7) is 4.37. The quantitative estimate of drug-likeness (QED) is 0.785. The standard InChI is InChI=1S/C21H22N2O/c1-21(2)12-17-20(18(24)13-21)19(14-8-10-22-11-9-14)15-6-4-5-7-16(15)23(17)3/h4-11,19H,12-13H2,1-3H3. The highest BCUT2D eigenvalue weighted by atomic mass is 16.1. The minimum atomic E-state index is 0.0130. The van der Waals surface area contributed by atoms with Crippen LogP contribution in [0.25, 0.3) is 0 Å². The van der Waals surface area contributed by atoms with Gasteiger partial charge in [0.2, 0.25) is 0 Å². The second-order valence-corrected chi connectivity index (χ2v) is 7.63. The Balaban J connectivity index is 1.98. The number of rotatable bonds is 1. The first-order valence-corrected chi connectivity index (χ1v) is 8.47. The Labute approximate surface area is 143 Å². The molecule has 0 N–H and O–H groups in total. The zero-order valence-corrected chi connectivity index (χ0v) is 14.4. The van der Waals surface area contributed by atoms with Crippen LogP contribution in [0.15, 0.2) is 60.1 Å². The van der Waals surface area contributed by atoms with Gasteiger partial charge >= 0.3 is 0 Å². The Morgan fingerprint density at radius 1 is 1.08 bits per heavy atom. The van der Waals surface area contributed by atoms with Gasteiger partial charge in [-0.05, 0) is 41.2 Å². The molecule has 0 saturated heterocycles. The number of fused-ring (bicyclic) bond motifs is 1. The van der Waals surface area contributed by atoms with Crippen LogP contribution in [-0.2, 0) is 4.79 Å². The van der Waals surface area contributed by atoms with Gasteiger partial charge < -0.3 is 4.90 Å². The zero-order chi connectivity index (χ0) is 16.9. The van der Waals surface area contributed by atoms with Crippen molar-refractivity contribution in [3.63, 3.8) is 0 Å². The van der Waals surface area contributed by atoms with Crippen molar-refractivity contribution in [2.75, 3.05) is 11.9 Å². The van der Waals surface area contributed by atoms with Gasteiger partial charge in [-0.2, -0.15) is 0 Å². The van der Waals surface area contributed by atoms with E-state index < -0.39 is 0 Å². The van der Waals surface area contributed by atoms with E-state index in [4.69, 9.17) is 0 Å². The third-order valence-corrected chi connectivity index (χ3v) is 5.24. The van der Waals surface area contributed by atoms with E-state index in [-0.39, 0.29) is 17.1 Å². The third kappa shape index (κ3) is 2.27. The lowest BCUT2D eigenvalue weighted by Gasteiger charge is -2.43. The first kappa shape index (κ1) is 15.1. The third-order valence-electron chi connectivity index (χ3n) is 5.24. The van der Waals surface area contributed by atoms with Crippen molar-refractivity contribution in [3.8, 4) is 0 Å². The maximum absolute atomic E-state index is 13.1. The maximum atomic E-state index is 13.1. The molecule has 2 aliphatic rings. The van der Waals surface area contributed by atoms with Crippen molar-refractivity contribution in [2.24, 2.45) is 5.41 Å². The minimum Gasteiger partial charge on any atom is -0.347 e. The summed E-state index contributed by atoms with van der Waals surface area (Å²) in [5.41, 5.74) is 5.71. The highest BCUT2D eigenvalue weighted by Crippen LogP contribution is 2.50. The molecule has 4 rings (SSSR count). The van der Waals surface area contributed by atoms with E-state index in [0.29, 0.717) is 6.42 Å². The summed E-state index contributed by atoms with van der Waals surface area (Å²) in [5, 5.41) is 0. The van der Waals surface area contributed by atoms with Crippen LogP contribution in [0.5, 0.6) is 0 Å². The molecule has 2 heterocycles. The molecular formula is C21H22N2O. The van der Waals surface area contributed by atoms with Crippen LogP contribution in [-0.4, -0.2) is 17.8 Å². The lowest BCUT2D eigenvalue weighted by atomic mass is 9.68. The monoisotopic (exact) mass is 318 g/mol. The number of pyridine rings is 1. The Hall–Kier alpha value is -2.42. The number of nitrogens with zero attached hydrogens (tertiary/aromatic N) is 2. The van der Waals surface area contributed by atoms with Crippen molar-refractivity contribution in [1.82, 2.24) is 4.98 Å². The summed E-state index contributed by atoms with van der Waals surface area (Å²) in [6.07, 6.45) is 5.17. The fourth-order valence-electron chi connectivity index (χ4n) is 4.17. The normalized spacial score (nSPS) is 22.2. The molecule has 24 heavy (non-hydrogen) atoms. The molecule has 0 saturated carbocycles. The smallest absolute Gasteiger partial charge is 0.162 e. The maximum Gasteiger partial charge on any atom is 0.162 e. The Morgan fingerprint density at radius 2 is 1.79 bits per heavy atom. The van der Waals surface area contributed by atoms with Crippen molar-refractivity contribution in [3.05, 3.63) is 71.2 Å². The summed E-state index contributed by atoms with van der Waals surface area (Å²) < 4.78 is 0. The lowest BCUT2D eigenvalue weighted by Crippen LogP contribution is -2.38. The van der Waals surface area contributed by atoms with Crippen LogP contribution < -0.4 is 4.90 Å². The van der Waals surface area contributed by atoms with Gasteiger partial charge in [-0.15, -0.1) is 0 Å². The number of hydrogen-bond donors (Lipinski definition) is 0. The van der Waals surface area contributed by atoms with Gasteiger partial charge in [0.05, 0.1) is 0 Å². The number of anilines is 1. The first-order chi connectivity index (χ1) is 11.5. The zero-order valence-electron chi connectivity index (χ0n) is 14.4.